The van der Waals surface area contributed by atoms with Gasteiger partial charge < -0.3 is 19.9 Å². The molecule has 1 fully saturated rings. The van der Waals surface area contributed by atoms with E-state index in [4.69, 9.17) is 4.74 Å². The molecule has 6 heteroatoms. The molecule has 1 N–H and O–H groups in total. The highest BCUT2D eigenvalue weighted by atomic mass is 16.6. The average molecular weight is 390 g/mol. The van der Waals surface area contributed by atoms with Crippen LogP contribution in [0.5, 0.6) is 0 Å². The van der Waals surface area contributed by atoms with Crippen molar-refractivity contribution in [3.8, 4) is 0 Å². The fraction of sp³-hybridized carbons (Fsp3) is 0.636. The third-order valence-electron chi connectivity index (χ3n) is 5.17. The van der Waals surface area contributed by atoms with E-state index in [0.29, 0.717) is 57.6 Å². The zero-order valence-corrected chi connectivity index (χ0v) is 18.0. The standard InChI is InChI=1S/C22H35N3O3/c1-6-28-22(27)25-14-12-24(13-15-25)20(26)10-11-23-21-18(16(2)3)8-7-9-19(21)17(4)5/h7-9,16-17,23H,6,10-15H2,1-5H3. The Hall–Kier alpha value is -2.24. The molecule has 0 atom stereocenters. The van der Waals surface area contributed by atoms with Crippen LogP contribution in [-0.2, 0) is 9.53 Å². The lowest BCUT2D eigenvalue weighted by atomic mass is 9.92. The largest absolute Gasteiger partial charge is 0.450 e. The molecule has 1 aromatic carbocycles. The second kappa shape index (κ2) is 10.3. The van der Waals surface area contributed by atoms with Crippen molar-refractivity contribution in [2.24, 2.45) is 0 Å². The molecule has 0 aliphatic carbocycles. The number of nitrogens with one attached hydrogen (secondary N) is 1. The number of nitrogens with zero attached hydrogens (tertiary/aromatic N) is 2. The van der Waals surface area contributed by atoms with Gasteiger partial charge in [0.15, 0.2) is 0 Å². The molecule has 2 rings (SSSR count). The molecule has 1 heterocycles. The smallest absolute Gasteiger partial charge is 0.409 e. The number of hydrogen-bond acceptors (Lipinski definition) is 4. The predicted molar refractivity (Wildman–Crippen MR) is 113 cm³/mol. The minimum absolute atomic E-state index is 0.129. The molecular weight excluding hydrogens is 354 g/mol. The summed E-state index contributed by atoms with van der Waals surface area (Å²) in [6.07, 6.45) is 0.159. The second-order valence-electron chi connectivity index (χ2n) is 7.86. The van der Waals surface area contributed by atoms with Gasteiger partial charge in [-0.2, -0.15) is 0 Å². The topological polar surface area (TPSA) is 61.9 Å². The third-order valence-corrected chi connectivity index (χ3v) is 5.17. The van der Waals surface area contributed by atoms with Gasteiger partial charge in [-0.1, -0.05) is 45.9 Å². The lowest BCUT2D eigenvalue weighted by Crippen LogP contribution is -2.50. The SMILES string of the molecule is CCOC(=O)N1CCN(C(=O)CCNc2c(C(C)C)cccc2C(C)C)CC1. The Labute approximate surface area is 169 Å². The van der Waals surface area contributed by atoms with Crippen molar-refractivity contribution in [2.45, 2.75) is 52.9 Å². The van der Waals surface area contributed by atoms with Gasteiger partial charge in [0.1, 0.15) is 0 Å². The average Bonchev–Trinajstić information content (AvgIpc) is 2.67. The molecule has 156 valence electrons. The first-order chi connectivity index (χ1) is 13.3. The van der Waals surface area contributed by atoms with Crippen LogP contribution in [0.2, 0.25) is 0 Å². The van der Waals surface area contributed by atoms with Gasteiger partial charge in [0.05, 0.1) is 6.61 Å². The van der Waals surface area contributed by atoms with E-state index < -0.39 is 0 Å². The second-order valence-corrected chi connectivity index (χ2v) is 7.86. The van der Waals surface area contributed by atoms with Crippen molar-refractivity contribution in [1.82, 2.24) is 9.80 Å². The minimum atomic E-state index is -0.289. The van der Waals surface area contributed by atoms with E-state index in [9.17, 15) is 9.59 Å². The van der Waals surface area contributed by atoms with Gasteiger partial charge in [-0.3, -0.25) is 4.79 Å². The van der Waals surface area contributed by atoms with Crippen LogP contribution >= 0.6 is 0 Å². The van der Waals surface area contributed by atoms with Crippen LogP contribution in [0.4, 0.5) is 10.5 Å². The van der Waals surface area contributed by atoms with Gasteiger partial charge in [0, 0.05) is 44.8 Å². The predicted octanol–water partition coefficient (Wildman–Crippen LogP) is 4.04. The number of carbonyl (C=O) groups excluding carboxylic acids is 2. The lowest BCUT2D eigenvalue weighted by Gasteiger charge is -2.34. The number of ether oxygens (including phenoxy) is 1. The van der Waals surface area contributed by atoms with E-state index in [1.165, 1.54) is 16.8 Å². The van der Waals surface area contributed by atoms with Gasteiger partial charge >= 0.3 is 6.09 Å². The van der Waals surface area contributed by atoms with Crippen molar-refractivity contribution in [3.63, 3.8) is 0 Å². The van der Waals surface area contributed by atoms with Gasteiger partial charge in [0.2, 0.25) is 5.91 Å². The van der Waals surface area contributed by atoms with Crippen molar-refractivity contribution >= 4 is 17.7 Å². The van der Waals surface area contributed by atoms with Gasteiger partial charge in [-0.25, -0.2) is 4.79 Å². The Morgan fingerprint density at radius 1 is 1.00 bits per heavy atom. The van der Waals surface area contributed by atoms with Crippen LogP contribution in [0.3, 0.4) is 0 Å². The maximum Gasteiger partial charge on any atom is 0.409 e. The molecule has 1 aromatic rings. The van der Waals surface area contributed by atoms with Crippen molar-refractivity contribution in [2.75, 3.05) is 44.6 Å². The molecule has 1 saturated heterocycles. The number of piperazine rings is 1. The molecule has 2 amide bonds. The third kappa shape index (κ3) is 5.63. The summed E-state index contributed by atoms with van der Waals surface area (Å²) in [7, 11) is 0. The van der Waals surface area contributed by atoms with Crippen molar-refractivity contribution in [3.05, 3.63) is 29.3 Å². The Morgan fingerprint density at radius 3 is 2.04 bits per heavy atom. The molecule has 1 aliphatic rings. The minimum Gasteiger partial charge on any atom is -0.450 e. The summed E-state index contributed by atoms with van der Waals surface area (Å²) in [4.78, 5) is 27.9. The van der Waals surface area contributed by atoms with E-state index in [1.54, 1.807) is 11.8 Å². The highest BCUT2D eigenvalue weighted by molar-refractivity contribution is 5.77. The number of benzene rings is 1. The monoisotopic (exact) mass is 389 g/mol. The number of para-hydroxylation sites is 1. The molecule has 0 saturated carbocycles. The Kier molecular flexibility index (Phi) is 8.15. The van der Waals surface area contributed by atoms with Crippen LogP contribution in [0.15, 0.2) is 18.2 Å². The molecule has 0 unspecified atom stereocenters. The first-order valence-corrected chi connectivity index (χ1v) is 10.4. The molecule has 0 spiro atoms. The summed E-state index contributed by atoms with van der Waals surface area (Å²) < 4.78 is 5.03. The summed E-state index contributed by atoms with van der Waals surface area (Å²) in [5.74, 6) is 0.977. The summed E-state index contributed by atoms with van der Waals surface area (Å²) >= 11 is 0. The van der Waals surface area contributed by atoms with Crippen LogP contribution < -0.4 is 5.32 Å². The summed E-state index contributed by atoms with van der Waals surface area (Å²) in [5, 5.41) is 3.53. The van der Waals surface area contributed by atoms with Crippen LogP contribution in [0.25, 0.3) is 0 Å². The van der Waals surface area contributed by atoms with E-state index in [1.807, 2.05) is 4.90 Å². The highest BCUT2D eigenvalue weighted by Crippen LogP contribution is 2.32. The zero-order valence-electron chi connectivity index (χ0n) is 18.0. The molecule has 28 heavy (non-hydrogen) atoms. The molecule has 6 nitrogen and oxygen atoms in total. The quantitative estimate of drug-likeness (QED) is 0.765. The normalized spacial score (nSPS) is 14.5. The Morgan fingerprint density at radius 2 is 1.54 bits per heavy atom. The van der Waals surface area contributed by atoms with Crippen LogP contribution in [-0.4, -0.2) is 61.1 Å². The number of carbonyl (C=O) groups is 2. The Bertz CT molecular complexity index is 639. The van der Waals surface area contributed by atoms with Crippen molar-refractivity contribution < 1.29 is 14.3 Å². The van der Waals surface area contributed by atoms with Crippen LogP contribution in [0.1, 0.15) is 64.0 Å². The maximum atomic E-state index is 12.6. The molecule has 1 aliphatic heterocycles. The molecule has 0 bridgehead atoms. The van der Waals surface area contributed by atoms with E-state index in [0.717, 1.165) is 0 Å². The van der Waals surface area contributed by atoms with Gasteiger partial charge in [0.25, 0.3) is 0 Å². The zero-order chi connectivity index (χ0) is 20.7. The summed E-state index contributed by atoms with van der Waals surface area (Å²) in [6.45, 7) is 13.8. The fourth-order valence-electron chi connectivity index (χ4n) is 3.56. The van der Waals surface area contributed by atoms with Crippen LogP contribution in [0, 0.1) is 0 Å². The summed E-state index contributed by atoms with van der Waals surface area (Å²) in [6, 6.07) is 6.44. The highest BCUT2D eigenvalue weighted by Gasteiger charge is 2.24. The Balaban J connectivity index is 1.89. The van der Waals surface area contributed by atoms with Gasteiger partial charge in [-0.05, 0) is 29.9 Å². The van der Waals surface area contributed by atoms with E-state index in [2.05, 4.69) is 51.2 Å². The number of amides is 2. The molecule has 0 aromatic heterocycles. The van der Waals surface area contributed by atoms with E-state index in [-0.39, 0.29) is 12.0 Å². The number of hydrogen-bond donors (Lipinski definition) is 1. The first-order valence-electron chi connectivity index (χ1n) is 10.4. The first kappa shape index (κ1) is 22.1. The van der Waals surface area contributed by atoms with E-state index >= 15 is 0 Å². The number of anilines is 1. The molecule has 0 radical (unpaired) electrons. The number of rotatable bonds is 7. The summed E-state index contributed by atoms with van der Waals surface area (Å²) in [5.41, 5.74) is 3.76. The maximum absolute atomic E-state index is 12.6. The fourth-order valence-corrected chi connectivity index (χ4v) is 3.56. The van der Waals surface area contributed by atoms with Gasteiger partial charge in [-0.15, -0.1) is 0 Å². The lowest BCUT2D eigenvalue weighted by molar-refractivity contribution is -0.132. The van der Waals surface area contributed by atoms with Crippen molar-refractivity contribution in [1.29, 1.82) is 0 Å². The molecular formula is C22H35N3O3.